The Labute approximate surface area is 284 Å². The van der Waals surface area contributed by atoms with E-state index in [1.54, 1.807) is 31.5 Å². The van der Waals surface area contributed by atoms with Gasteiger partial charge in [-0.1, -0.05) is 12.1 Å². The van der Waals surface area contributed by atoms with Crippen LogP contribution < -0.4 is 25.2 Å². The van der Waals surface area contributed by atoms with Gasteiger partial charge in [0.25, 0.3) is 11.5 Å². The minimum absolute atomic E-state index is 0.149. The average molecular weight is 665 g/mol. The van der Waals surface area contributed by atoms with E-state index in [0.29, 0.717) is 47.9 Å². The van der Waals surface area contributed by atoms with E-state index in [1.807, 2.05) is 49.3 Å². The van der Waals surface area contributed by atoms with Gasteiger partial charge in [0.1, 0.15) is 23.4 Å². The molecule has 0 aliphatic carbocycles. The number of aromatic amines is 1. The van der Waals surface area contributed by atoms with Crippen LogP contribution in [0.15, 0.2) is 53.6 Å². The predicted octanol–water partition coefficient (Wildman–Crippen LogP) is 3.81. The predicted molar refractivity (Wildman–Crippen MR) is 185 cm³/mol. The number of benzene rings is 2. The molecule has 1 unspecified atom stereocenters. The summed E-state index contributed by atoms with van der Waals surface area (Å²) in [4.78, 5) is 63.1. The van der Waals surface area contributed by atoms with E-state index < -0.39 is 11.9 Å². The van der Waals surface area contributed by atoms with Crippen molar-refractivity contribution in [1.29, 1.82) is 0 Å². The molecule has 2 aromatic carbocycles. The number of pyridine rings is 2. The highest BCUT2D eigenvalue weighted by Crippen LogP contribution is 2.40. The lowest BCUT2D eigenvalue weighted by Crippen LogP contribution is -2.52. The number of amides is 3. The smallest absolute Gasteiger partial charge is 0.257 e. The molecule has 3 aliphatic heterocycles. The monoisotopic (exact) mass is 664 g/mol. The van der Waals surface area contributed by atoms with Gasteiger partial charge in [-0.15, -0.1) is 0 Å². The lowest BCUT2D eigenvalue weighted by atomic mass is 9.87. The number of fused-ring (bicyclic) bond motifs is 2. The first-order valence-corrected chi connectivity index (χ1v) is 16.6. The van der Waals surface area contributed by atoms with Crippen LogP contribution in [0.4, 0.5) is 5.82 Å². The van der Waals surface area contributed by atoms with Gasteiger partial charge >= 0.3 is 0 Å². The number of rotatable bonds is 8. The summed E-state index contributed by atoms with van der Waals surface area (Å²) in [6.07, 6.45) is 5.84. The minimum atomic E-state index is -0.614. The molecule has 7 rings (SSSR count). The van der Waals surface area contributed by atoms with E-state index in [-0.39, 0.29) is 23.8 Å². The first-order chi connectivity index (χ1) is 23.6. The highest BCUT2D eigenvalue weighted by Gasteiger charge is 2.39. The molecule has 2 aromatic heterocycles. The number of carbonyl (C=O) groups excluding carboxylic acids is 3. The quantitative estimate of drug-likeness (QED) is 0.270. The fourth-order valence-electron chi connectivity index (χ4n) is 7.42. The SMILES string of the molecule is COc1cc(-c2c[nH]c(=O)c3cnc(N(C)C)cc23)cc(OC)c1CN1CCC(c2ccc3c(c2)CN(C2CCC(=O)NC2=O)C3=O)CC1. The Hall–Kier alpha value is -5.23. The largest absolute Gasteiger partial charge is 0.496 e. The molecule has 0 bridgehead atoms. The summed E-state index contributed by atoms with van der Waals surface area (Å²) in [6, 6.07) is 11.4. The fraction of sp³-hybridized carbons (Fsp3) is 0.378. The molecule has 2 saturated heterocycles. The van der Waals surface area contributed by atoms with Gasteiger partial charge in [-0.2, -0.15) is 0 Å². The molecule has 2 fully saturated rings. The number of H-pyrrole nitrogens is 1. The fourth-order valence-corrected chi connectivity index (χ4v) is 7.42. The molecule has 0 radical (unpaired) electrons. The molecule has 49 heavy (non-hydrogen) atoms. The van der Waals surface area contributed by atoms with Gasteiger partial charge in [0.05, 0.1) is 25.2 Å². The second-order valence-corrected chi connectivity index (χ2v) is 13.2. The van der Waals surface area contributed by atoms with Crippen molar-refractivity contribution in [3.8, 4) is 22.6 Å². The zero-order valence-electron chi connectivity index (χ0n) is 28.2. The number of carbonyl (C=O) groups is 3. The standard InChI is InChI=1S/C37H40N6O6/c1-41(2)33-16-26-27(17-39-35(45)28(26)18-38-33)23-14-31(48-3)29(32(15-23)49-4)20-42-11-9-21(10-12-42)22-5-6-25-24(13-22)19-43(37(25)47)30-7-8-34(44)40-36(30)46/h5-6,13-18,21,30H,7-12,19-20H2,1-4H3,(H,39,45)(H,40,44,46). The number of ether oxygens (including phenoxy) is 2. The second-order valence-electron chi connectivity index (χ2n) is 13.2. The first kappa shape index (κ1) is 32.3. The number of hydrogen-bond acceptors (Lipinski definition) is 9. The molecule has 254 valence electrons. The molecule has 0 spiro atoms. The van der Waals surface area contributed by atoms with Gasteiger partial charge in [-0.05, 0) is 79.2 Å². The van der Waals surface area contributed by atoms with Crippen molar-refractivity contribution < 1.29 is 23.9 Å². The molecule has 4 aromatic rings. The lowest BCUT2D eigenvalue weighted by Gasteiger charge is -2.33. The highest BCUT2D eigenvalue weighted by atomic mass is 16.5. The number of likely N-dealkylation sites (tertiary alicyclic amines) is 1. The maximum atomic E-state index is 13.2. The van der Waals surface area contributed by atoms with Gasteiger partial charge < -0.3 is 24.3 Å². The van der Waals surface area contributed by atoms with Gasteiger partial charge in [0.15, 0.2) is 0 Å². The van der Waals surface area contributed by atoms with Crippen LogP contribution in [-0.2, 0) is 22.7 Å². The highest BCUT2D eigenvalue weighted by molar-refractivity contribution is 6.05. The Balaban J connectivity index is 1.07. The number of aromatic nitrogens is 2. The summed E-state index contributed by atoms with van der Waals surface area (Å²) in [5, 5.41) is 3.67. The average Bonchev–Trinajstić information content (AvgIpc) is 3.43. The van der Waals surface area contributed by atoms with Crippen LogP contribution >= 0.6 is 0 Å². The zero-order valence-corrected chi connectivity index (χ0v) is 28.2. The van der Waals surface area contributed by atoms with Gasteiger partial charge in [-0.3, -0.25) is 29.4 Å². The molecule has 0 saturated carbocycles. The summed E-state index contributed by atoms with van der Waals surface area (Å²) >= 11 is 0. The molecule has 3 amide bonds. The summed E-state index contributed by atoms with van der Waals surface area (Å²) in [6.45, 7) is 2.79. The number of imide groups is 1. The molecular formula is C37H40N6O6. The lowest BCUT2D eigenvalue weighted by molar-refractivity contribution is -0.136. The van der Waals surface area contributed by atoms with Crippen molar-refractivity contribution in [3.05, 3.63) is 81.4 Å². The van der Waals surface area contributed by atoms with Crippen molar-refractivity contribution in [2.45, 2.75) is 50.7 Å². The van der Waals surface area contributed by atoms with E-state index in [0.717, 1.165) is 59.4 Å². The van der Waals surface area contributed by atoms with Crippen molar-refractivity contribution in [2.75, 3.05) is 46.3 Å². The Morgan fingerprint density at radius 2 is 1.65 bits per heavy atom. The number of hydrogen-bond donors (Lipinski definition) is 2. The van der Waals surface area contributed by atoms with Crippen LogP contribution in [0.5, 0.6) is 11.5 Å². The van der Waals surface area contributed by atoms with E-state index in [4.69, 9.17) is 9.47 Å². The molecule has 2 N–H and O–H groups in total. The number of nitrogens with zero attached hydrogens (tertiary/aromatic N) is 4. The third-order valence-corrected chi connectivity index (χ3v) is 10.1. The molecule has 12 nitrogen and oxygen atoms in total. The van der Waals surface area contributed by atoms with Crippen LogP contribution in [0.25, 0.3) is 21.9 Å². The molecule has 3 aliphatic rings. The summed E-state index contributed by atoms with van der Waals surface area (Å²) in [5.74, 6) is 1.69. The Morgan fingerprint density at radius 1 is 0.918 bits per heavy atom. The maximum Gasteiger partial charge on any atom is 0.257 e. The minimum Gasteiger partial charge on any atom is -0.496 e. The van der Waals surface area contributed by atoms with E-state index >= 15 is 0 Å². The van der Waals surface area contributed by atoms with Crippen molar-refractivity contribution in [3.63, 3.8) is 0 Å². The Morgan fingerprint density at radius 3 is 2.33 bits per heavy atom. The summed E-state index contributed by atoms with van der Waals surface area (Å²) in [7, 11) is 7.15. The number of nitrogens with one attached hydrogen (secondary N) is 2. The van der Waals surface area contributed by atoms with E-state index in [9.17, 15) is 19.2 Å². The van der Waals surface area contributed by atoms with Crippen molar-refractivity contribution in [2.24, 2.45) is 0 Å². The maximum absolute atomic E-state index is 13.2. The normalized spacial score (nSPS) is 18.5. The van der Waals surface area contributed by atoms with E-state index in [2.05, 4.69) is 26.3 Å². The first-order valence-electron chi connectivity index (χ1n) is 16.6. The Bertz CT molecular complexity index is 2010. The number of methoxy groups -OCH3 is 2. The van der Waals surface area contributed by atoms with Gasteiger partial charge in [0.2, 0.25) is 11.8 Å². The van der Waals surface area contributed by atoms with Crippen LogP contribution in [0.3, 0.4) is 0 Å². The molecule has 12 heteroatoms. The van der Waals surface area contributed by atoms with Gasteiger partial charge in [0, 0.05) is 62.5 Å². The topological polar surface area (TPSA) is 137 Å². The zero-order chi connectivity index (χ0) is 34.4. The van der Waals surface area contributed by atoms with Crippen LogP contribution in [0.1, 0.15) is 58.6 Å². The van der Waals surface area contributed by atoms with E-state index in [1.165, 1.54) is 5.56 Å². The van der Waals surface area contributed by atoms with Crippen LogP contribution in [0.2, 0.25) is 0 Å². The van der Waals surface area contributed by atoms with Crippen LogP contribution in [0, 0.1) is 0 Å². The Kier molecular flexibility index (Phi) is 8.57. The van der Waals surface area contributed by atoms with Crippen molar-refractivity contribution in [1.82, 2.24) is 25.1 Å². The molecule has 1 atom stereocenters. The summed E-state index contributed by atoms with van der Waals surface area (Å²) in [5.41, 5.74) is 5.25. The number of anilines is 1. The summed E-state index contributed by atoms with van der Waals surface area (Å²) < 4.78 is 11.8. The third kappa shape index (κ3) is 6.01. The number of piperidine rings is 2. The van der Waals surface area contributed by atoms with Crippen molar-refractivity contribution >= 4 is 34.3 Å². The van der Waals surface area contributed by atoms with Crippen LogP contribution in [-0.4, -0.2) is 84.9 Å². The molecular weight excluding hydrogens is 624 g/mol. The molecule has 5 heterocycles. The van der Waals surface area contributed by atoms with Gasteiger partial charge in [-0.25, -0.2) is 4.98 Å². The second kappa shape index (κ2) is 13.0. The third-order valence-electron chi connectivity index (χ3n) is 10.1.